The molecule has 1 heterocycles. The van der Waals surface area contributed by atoms with Crippen LogP contribution in [0.15, 0.2) is 83.8 Å². The summed E-state index contributed by atoms with van der Waals surface area (Å²) in [4.78, 5) is 12.8. The van der Waals surface area contributed by atoms with Gasteiger partial charge in [-0.3, -0.25) is 4.79 Å². The predicted molar refractivity (Wildman–Crippen MR) is 142 cm³/mol. The molecule has 0 bridgehead atoms. The summed E-state index contributed by atoms with van der Waals surface area (Å²) >= 11 is 0. The summed E-state index contributed by atoms with van der Waals surface area (Å²) < 4.78 is 27.9. The molecule has 36 heavy (non-hydrogen) atoms. The Morgan fingerprint density at radius 3 is 2.28 bits per heavy atom. The lowest BCUT2D eigenvalue weighted by Crippen LogP contribution is -2.41. The number of nitrogens with one attached hydrogen (secondary N) is 2. The molecule has 2 fully saturated rings. The van der Waals surface area contributed by atoms with Crippen LogP contribution in [-0.4, -0.2) is 44.3 Å². The van der Waals surface area contributed by atoms with Gasteiger partial charge in [0.2, 0.25) is 10.0 Å². The van der Waals surface area contributed by atoms with E-state index in [4.69, 9.17) is 5.73 Å². The number of benzene rings is 3. The van der Waals surface area contributed by atoms with Gasteiger partial charge in [0.15, 0.2) is 0 Å². The number of nitrogens with zero attached hydrogens (tertiary/aromatic N) is 1. The number of para-hydroxylation sites is 2. The van der Waals surface area contributed by atoms with Crippen LogP contribution in [0.25, 0.3) is 0 Å². The van der Waals surface area contributed by atoms with Gasteiger partial charge in [0, 0.05) is 30.6 Å². The summed E-state index contributed by atoms with van der Waals surface area (Å²) in [5.41, 5.74) is 8.64. The van der Waals surface area contributed by atoms with Crippen LogP contribution in [0, 0.1) is 5.92 Å². The van der Waals surface area contributed by atoms with Crippen molar-refractivity contribution < 1.29 is 13.2 Å². The maximum Gasteiger partial charge on any atom is 0.255 e. The molecule has 188 valence electrons. The van der Waals surface area contributed by atoms with Crippen molar-refractivity contribution >= 4 is 27.3 Å². The van der Waals surface area contributed by atoms with Crippen molar-refractivity contribution in [2.24, 2.45) is 5.92 Å². The summed E-state index contributed by atoms with van der Waals surface area (Å²) in [5, 5.41) is 6.44. The number of hydrogen-bond acceptors (Lipinski definition) is 5. The molecule has 3 aromatic rings. The van der Waals surface area contributed by atoms with E-state index in [2.05, 4.69) is 34.9 Å². The van der Waals surface area contributed by atoms with Crippen molar-refractivity contribution in [3.63, 3.8) is 0 Å². The maximum atomic E-state index is 13.2. The molecule has 1 aliphatic heterocycles. The highest BCUT2D eigenvalue weighted by Crippen LogP contribution is 2.40. The van der Waals surface area contributed by atoms with Gasteiger partial charge in [-0.2, -0.15) is 4.31 Å². The van der Waals surface area contributed by atoms with Gasteiger partial charge in [-0.25, -0.2) is 8.42 Å². The second-order valence-electron chi connectivity index (χ2n) is 9.68. The van der Waals surface area contributed by atoms with Crippen LogP contribution in [-0.2, 0) is 10.0 Å². The molecule has 0 radical (unpaired) electrons. The Balaban J connectivity index is 1.12. The minimum Gasteiger partial charge on any atom is -0.397 e. The molecule has 2 atom stereocenters. The van der Waals surface area contributed by atoms with Gasteiger partial charge < -0.3 is 16.4 Å². The monoisotopic (exact) mass is 504 g/mol. The molecule has 5 rings (SSSR count). The summed E-state index contributed by atoms with van der Waals surface area (Å²) in [6.45, 7) is 1.95. The molecule has 2 aliphatic rings. The van der Waals surface area contributed by atoms with E-state index in [-0.39, 0.29) is 10.8 Å². The zero-order valence-electron chi connectivity index (χ0n) is 20.1. The lowest BCUT2D eigenvalue weighted by Gasteiger charge is -2.31. The van der Waals surface area contributed by atoms with E-state index in [0.717, 1.165) is 19.4 Å². The first kappa shape index (κ1) is 24.5. The number of sulfonamides is 1. The first-order chi connectivity index (χ1) is 17.4. The van der Waals surface area contributed by atoms with Crippen molar-refractivity contribution in [2.75, 3.05) is 30.7 Å². The second-order valence-corrected chi connectivity index (χ2v) is 11.6. The lowest BCUT2D eigenvalue weighted by atomic mass is 9.98. The largest absolute Gasteiger partial charge is 0.397 e. The first-order valence-electron chi connectivity index (χ1n) is 12.5. The average molecular weight is 505 g/mol. The number of rotatable bonds is 8. The predicted octanol–water partition coefficient (Wildman–Crippen LogP) is 4.07. The van der Waals surface area contributed by atoms with Crippen LogP contribution in [0.4, 0.5) is 11.4 Å². The van der Waals surface area contributed by atoms with Gasteiger partial charge in [0.25, 0.3) is 5.91 Å². The van der Waals surface area contributed by atoms with Crippen molar-refractivity contribution in [1.82, 2.24) is 9.62 Å². The zero-order valence-corrected chi connectivity index (χ0v) is 21.0. The number of carbonyl (C=O) groups excluding carboxylic acids is 1. The molecular weight excluding hydrogens is 472 g/mol. The molecule has 8 heteroatoms. The third kappa shape index (κ3) is 5.46. The second kappa shape index (κ2) is 10.4. The van der Waals surface area contributed by atoms with Gasteiger partial charge >= 0.3 is 0 Å². The SMILES string of the molecule is Nc1ccccc1NC(=O)c1ccc(S(=O)(=O)N2CCC(CNC3CC3c3ccccc3)CC2)cc1. The lowest BCUT2D eigenvalue weighted by molar-refractivity contribution is 0.102. The Labute approximate surface area is 212 Å². The van der Waals surface area contributed by atoms with Crippen LogP contribution in [0.5, 0.6) is 0 Å². The summed E-state index contributed by atoms with van der Waals surface area (Å²) in [7, 11) is -3.60. The molecule has 4 N–H and O–H groups in total. The van der Waals surface area contributed by atoms with E-state index in [9.17, 15) is 13.2 Å². The van der Waals surface area contributed by atoms with Crippen molar-refractivity contribution in [1.29, 1.82) is 0 Å². The topological polar surface area (TPSA) is 105 Å². The molecule has 1 saturated heterocycles. The molecule has 3 aromatic carbocycles. The molecular formula is C28H32N4O3S. The molecule has 2 unspecified atom stereocenters. The van der Waals surface area contributed by atoms with Gasteiger partial charge in [-0.05, 0) is 73.7 Å². The quantitative estimate of drug-likeness (QED) is 0.401. The third-order valence-corrected chi connectivity index (χ3v) is 9.14. The fourth-order valence-electron chi connectivity index (χ4n) is 4.89. The minimum absolute atomic E-state index is 0.207. The summed E-state index contributed by atoms with van der Waals surface area (Å²) in [5.74, 6) is 0.738. The number of hydrogen-bond donors (Lipinski definition) is 3. The zero-order chi connectivity index (χ0) is 25.1. The van der Waals surface area contributed by atoms with Crippen molar-refractivity contribution in [3.8, 4) is 0 Å². The molecule has 7 nitrogen and oxygen atoms in total. The van der Waals surface area contributed by atoms with E-state index in [0.29, 0.717) is 47.9 Å². The van der Waals surface area contributed by atoms with E-state index in [1.165, 1.54) is 36.2 Å². The Kier molecular flexibility index (Phi) is 7.09. The fourth-order valence-corrected chi connectivity index (χ4v) is 6.36. The van der Waals surface area contributed by atoms with Gasteiger partial charge in [0.1, 0.15) is 0 Å². The Morgan fingerprint density at radius 2 is 1.58 bits per heavy atom. The summed E-state index contributed by atoms with van der Waals surface area (Å²) in [6, 6.07) is 24.2. The Hall–Kier alpha value is -3.20. The number of nitrogens with two attached hydrogens (primary N) is 1. The van der Waals surface area contributed by atoms with E-state index in [1.54, 1.807) is 28.6 Å². The number of amides is 1. The van der Waals surface area contributed by atoms with Crippen molar-refractivity contribution in [3.05, 3.63) is 90.0 Å². The molecule has 1 amide bonds. The van der Waals surface area contributed by atoms with Crippen LogP contribution >= 0.6 is 0 Å². The smallest absolute Gasteiger partial charge is 0.255 e. The van der Waals surface area contributed by atoms with E-state index < -0.39 is 10.0 Å². The van der Waals surface area contributed by atoms with Gasteiger partial charge in [-0.15, -0.1) is 0 Å². The molecule has 0 spiro atoms. The highest BCUT2D eigenvalue weighted by Gasteiger charge is 2.38. The minimum atomic E-state index is -3.60. The van der Waals surface area contributed by atoms with E-state index in [1.807, 2.05) is 6.07 Å². The van der Waals surface area contributed by atoms with Crippen LogP contribution in [0.3, 0.4) is 0 Å². The highest BCUT2D eigenvalue weighted by atomic mass is 32.2. The number of piperidine rings is 1. The summed E-state index contributed by atoms with van der Waals surface area (Å²) in [6.07, 6.45) is 2.85. The normalized spacial score (nSPS) is 20.7. The maximum absolute atomic E-state index is 13.2. The Bertz CT molecular complexity index is 1300. The number of carbonyl (C=O) groups is 1. The highest BCUT2D eigenvalue weighted by molar-refractivity contribution is 7.89. The fraction of sp³-hybridized carbons (Fsp3) is 0.321. The standard InChI is InChI=1S/C28H32N4O3S/c29-25-8-4-5-9-26(25)31-28(33)22-10-12-23(13-11-22)36(34,35)32-16-14-20(15-17-32)19-30-27-18-24(27)21-6-2-1-3-7-21/h1-13,20,24,27,30H,14-19,29H2,(H,31,33). The first-order valence-corrected chi connectivity index (χ1v) is 13.9. The number of anilines is 2. The van der Waals surface area contributed by atoms with Gasteiger partial charge in [-0.1, -0.05) is 42.5 Å². The molecule has 1 aliphatic carbocycles. The molecule has 1 saturated carbocycles. The Morgan fingerprint density at radius 1 is 0.917 bits per heavy atom. The van der Waals surface area contributed by atoms with Crippen LogP contribution in [0.1, 0.15) is 41.1 Å². The van der Waals surface area contributed by atoms with E-state index >= 15 is 0 Å². The van der Waals surface area contributed by atoms with Crippen LogP contribution < -0.4 is 16.4 Å². The third-order valence-electron chi connectivity index (χ3n) is 7.22. The van der Waals surface area contributed by atoms with Crippen LogP contribution in [0.2, 0.25) is 0 Å². The van der Waals surface area contributed by atoms with Crippen molar-refractivity contribution in [2.45, 2.75) is 36.1 Å². The molecule has 0 aromatic heterocycles. The van der Waals surface area contributed by atoms with Gasteiger partial charge in [0.05, 0.1) is 16.3 Å². The average Bonchev–Trinajstić information content (AvgIpc) is 3.69. The number of nitrogen functional groups attached to an aromatic ring is 1.